The summed E-state index contributed by atoms with van der Waals surface area (Å²) in [5.74, 6) is -0.846. The van der Waals surface area contributed by atoms with Crippen molar-refractivity contribution in [2.45, 2.75) is 26.8 Å². The van der Waals surface area contributed by atoms with Gasteiger partial charge in [0, 0.05) is 5.75 Å². The molecular formula is C12H17NO5S. The van der Waals surface area contributed by atoms with E-state index < -0.39 is 18.0 Å². The molecule has 0 aromatic heterocycles. The van der Waals surface area contributed by atoms with Crippen molar-refractivity contribution in [2.75, 3.05) is 19.0 Å². The molecule has 0 fully saturated rings. The maximum atomic E-state index is 11.7. The van der Waals surface area contributed by atoms with Crippen molar-refractivity contribution in [3.05, 3.63) is 11.3 Å². The second kappa shape index (κ2) is 7.18. The summed E-state index contributed by atoms with van der Waals surface area (Å²) in [6.45, 7) is 5.26. The molecule has 1 aliphatic heterocycles. The minimum Gasteiger partial charge on any atom is -0.512 e. The average Bonchev–Trinajstić information content (AvgIpc) is 2.78. The number of carbonyl (C=O) groups excluding carboxylic acids is 2. The highest BCUT2D eigenvalue weighted by molar-refractivity contribution is 8.14. The molecule has 0 radical (unpaired) electrons. The van der Waals surface area contributed by atoms with Crippen molar-refractivity contribution < 1.29 is 24.2 Å². The normalized spacial score (nSPS) is 19.5. The van der Waals surface area contributed by atoms with Gasteiger partial charge in [-0.1, -0.05) is 0 Å². The van der Waals surface area contributed by atoms with E-state index in [1.807, 2.05) is 0 Å². The summed E-state index contributed by atoms with van der Waals surface area (Å²) in [7, 11) is 0. The smallest absolute Gasteiger partial charge is 0.344 e. The first-order chi connectivity index (χ1) is 9.01. The lowest BCUT2D eigenvalue weighted by Crippen LogP contribution is -2.21. The topological polar surface area (TPSA) is 85.2 Å². The number of esters is 2. The Labute approximate surface area is 115 Å². The molecule has 7 heteroatoms. The molecule has 0 aromatic rings. The van der Waals surface area contributed by atoms with Gasteiger partial charge in [0.2, 0.25) is 0 Å². The van der Waals surface area contributed by atoms with Crippen LogP contribution in [0.1, 0.15) is 20.8 Å². The Kier molecular flexibility index (Phi) is 5.88. The van der Waals surface area contributed by atoms with Crippen LogP contribution in [0, 0.1) is 0 Å². The third-order valence-electron chi connectivity index (χ3n) is 2.26. The number of carbonyl (C=O) groups is 2. The van der Waals surface area contributed by atoms with Crippen LogP contribution in [0.25, 0.3) is 0 Å². The molecule has 1 atom stereocenters. The fraction of sp³-hybridized carbons (Fsp3) is 0.583. The van der Waals surface area contributed by atoms with E-state index in [9.17, 15) is 14.7 Å². The molecule has 0 aromatic carbocycles. The standard InChI is InChI=1S/C12H17NO5S/c1-4-17-11(15)8-6-19-10(13-8)9(7(3)14)12(16)18-5-2/h8,14H,4-6H2,1-3H3/b9-7+/t8-/m0/s1. The molecule has 0 saturated heterocycles. The SMILES string of the molecule is CCOC(=O)/C(C1=N[C@H](C(=O)OCC)CS1)=C(\C)O. The first kappa shape index (κ1) is 15.6. The van der Waals surface area contributed by atoms with Crippen molar-refractivity contribution in [1.29, 1.82) is 0 Å². The zero-order valence-corrected chi connectivity index (χ0v) is 12.0. The van der Waals surface area contributed by atoms with Gasteiger partial charge in [-0.15, -0.1) is 11.8 Å². The maximum Gasteiger partial charge on any atom is 0.344 e. The number of hydrogen-bond donors (Lipinski definition) is 1. The van der Waals surface area contributed by atoms with E-state index in [0.717, 1.165) is 0 Å². The van der Waals surface area contributed by atoms with Crippen molar-refractivity contribution in [3.8, 4) is 0 Å². The van der Waals surface area contributed by atoms with E-state index >= 15 is 0 Å². The lowest BCUT2D eigenvalue weighted by molar-refractivity contribution is -0.144. The Bertz CT molecular complexity index is 426. The predicted molar refractivity (Wildman–Crippen MR) is 72.3 cm³/mol. The van der Waals surface area contributed by atoms with Crippen molar-refractivity contribution in [3.63, 3.8) is 0 Å². The molecule has 0 amide bonds. The molecule has 1 N–H and O–H groups in total. The Morgan fingerprint density at radius 2 is 2.00 bits per heavy atom. The molecule has 19 heavy (non-hydrogen) atoms. The van der Waals surface area contributed by atoms with Gasteiger partial charge in [0.1, 0.15) is 16.4 Å². The van der Waals surface area contributed by atoms with E-state index in [-0.39, 0.29) is 24.5 Å². The van der Waals surface area contributed by atoms with Crippen molar-refractivity contribution in [1.82, 2.24) is 0 Å². The van der Waals surface area contributed by atoms with Gasteiger partial charge in [-0.3, -0.25) is 4.99 Å². The predicted octanol–water partition coefficient (Wildman–Crippen LogP) is 1.46. The quantitative estimate of drug-likeness (QED) is 0.468. The second-order valence-electron chi connectivity index (χ2n) is 3.69. The lowest BCUT2D eigenvalue weighted by Gasteiger charge is -2.07. The van der Waals surface area contributed by atoms with Crippen molar-refractivity contribution >= 4 is 28.7 Å². The molecule has 0 bridgehead atoms. The van der Waals surface area contributed by atoms with Crippen LogP contribution < -0.4 is 0 Å². The van der Waals surface area contributed by atoms with Gasteiger partial charge in [0.15, 0.2) is 6.04 Å². The fourth-order valence-electron chi connectivity index (χ4n) is 1.46. The summed E-state index contributed by atoms with van der Waals surface area (Å²) in [5.41, 5.74) is 0.0126. The number of ether oxygens (including phenoxy) is 2. The Morgan fingerprint density at radius 1 is 1.37 bits per heavy atom. The highest BCUT2D eigenvalue weighted by Crippen LogP contribution is 2.26. The number of allylic oxidation sites excluding steroid dienone is 1. The summed E-state index contributed by atoms with van der Waals surface area (Å²) in [6, 6.07) is -0.635. The van der Waals surface area contributed by atoms with Gasteiger partial charge >= 0.3 is 11.9 Å². The van der Waals surface area contributed by atoms with E-state index in [4.69, 9.17) is 9.47 Å². The molecule has 0 saturated carbocycles. The zero-order valence-electron chi connectivity index (χ0n) is 11.1. The van der Waals surface area contributed by atoms with Crippen LogP contribution in [-0.2, 0) is 19.1 Å². The third-order valence-corrected chi connectivity index (χ3v) is 3.33. The molecule has 1 rings (SSSR count). The largest absolute Gasteiger partial charge is 0.512 e. The monoisotopic (exact) mass is 287 g/mol. The number of hydrogen-bond acceptors (Lipinski definition) is 7. The number of rotatable bonds is 5. The van der Waals surface area contributed by atoms with Crippen LogP contribution in [0.4, 0.5) is 0 Å². The van der Waals surface area contributed by atoms with E-state index in [1.165, 1.54) is 18.7 Å². The van der Waals surface area contributed by atoms with E-state index in [0.29, 0.717) is 10.8 Å². The van der Waals surface area contributed by atoms with Crippen LogP contribution in [0.15, 0.2) is 16.3 Å². The van der Waals surface area contributed by atoms with Gasteiger partial charge in [-0.05, 0) is 20.8 Å². The lowest BCUT2D eigenvalue weighted by atomic mass is 10.2. The maximum absolute atomic E-state index is 11.7. The van der Waals surface area contributed by atoms with Gasteiger partial charge in [0.05, 0.1) is 13.2 Å². The number of aliphatic imine (C=N–C) groups is 1. The van der Waals surface area contributed by atoms with Gasteiger partial charge in [0.25, 0.3) is 0 Å². The molecule has 0 unspecified atom stereocenters. The van der Waals surface area contributed by atoms with Crippen LogP contribution in [0.2, 0.25) is 0 Å². The Morgan fingerprint density at radius 3 is 2.53 bits per heavy atom. The van der Waals surface area contributed by atoms with Gasteiger partial charge in [-0.2, -0.15) is 0 Å². The van der Waals surface area contributed by atoms with Crippen LogP contribution in [0.3, 0.4) is 0 Å². The average molecular weight is 287 g/mol. The second-order valence-corrected chi connectivity index (χ2v) is 4.70. The molecule has 1 heterocycles. The summed E-state index contributed by atoms with van der Waals surface area (Å²) in [6.07, 6.45) is 0. The minimum absolute atomic E-state index is 0.0126. The summed E-state index contributed by atoms with van der Waals surface area (Å²) < 4.78 is 9.72. The Hall–Kier alpha value is -1.50. The Balaban J connectivity index is 2.89. The molecule has 0 spiro atoms. The van der Waals surface area contributed by atoms with Gasteiger partial charge < -0.3 is 14.6 Å². The summed E-state index contributed by atoms with van der Waals surface area (Å²) in [5, 5.41) is 9.88. The number of thioether (sulfide) groups is 1. The highest BCUT2D eigenvalue weighted by Gasteiger charge is 2.31. The highest BCUT2D eigenvalue weighted by atomic mass is 32.2. The summed E-state index contributed by atoms with van der Waals surface area (Å²) in [4.78, 5) is 27.4. The molecule has 0 aliphatic carbocycles. The van der Waals surface area contributed by atoms with Crippen molar-refractivity contribution in [2.24, 2.45) is 4.99 Å². The zero-order chi connectivity index (χ0) is 14.4. The molecular weight excluding hydrogens is 270 g/mol. The van der Waals surface area contributed by atoms with Crippen LogP contribution >= 0.6 is 11.8 Å². The summed E-state index contributed by atoms with van der Waals surface area (Å²) >= 11 is 1.23. The van der Waals surface area contributed by atoms with E-state index in [2.05, 4.69) is 4.99 Å². The van der Waals surface area contributed by atoms with Gasteiger partial charge in [-0.25, -0.2) is 9.59 Å². The van der Waals surface area contributed by atoms with E-state index in [1.54, 1.807) is 13.8 Å². The fourth-order valence-corrected chi connectivity index (χ4v) is 2.57. The number of aliphatic hydroxyl groups is 1. The number of aliphatic hydroxyl groups excluding tert-OH is 1. The number of nitrogens with zero attached hydrogens (tertiary/aromatic N) is 1. The van der Waals surface area contributed by atoms with Crippen LogP contribution in [0.5, 0.6) is 0 Å². The third kappa shape index (κ3) is 3.99. The van der Waals surface area contributed by atoms with Crippen LogP contribution in [-0.4, -0.2) is 47.1 Å². The molecule has 106 valence electrons. The first-order valence-electron chi connectivity index (χ1n) is 5.95. The molecule has 6 nitrogen and oxygen atoms in total. The first-order valence-corrected chi connectivity index (χ1v) is 6.94. The minimum atomic E-state index is -0.641. The molecule has 1 aliphatic rings.